The maximum atomic E-state index is 11.7. The molecule has 6 heteroatoms. The van der Waals surface area contributed by atoms with Crippen molar-refractivity contribution in [3.8, 4) is 0 Å². The number of hydrogen-bond donors (Lipinski definition) is 1. The summed E-state index contributed by atoms with van der Waals surface area (Å²) in [6.45, 7) is 1.11. The highest BCUT2D eigenvalue weighted by Gasteiger charge is 2.04. The molecule has 0 amide bonds. The fraction of sp³-hybridized carbons (Fsp3) is 0.286. The van der Waals surface area contributed by atoms with Crippen molar-refractivity contribution in [3.05, 3.63) is 62.4 Å². The van der Waals surface area contributed by atoms with Crippen LogP contribution in [-0.2, 0) is 6.54 Å². The molecule has 0 saturated carbocycles. The Morgan fingerprint density at radius 3 is 2.60 bits per heavy atom. The van der Waals surface area contributed by atoms with Crippen LogP contribution in [0.1, 0.15) is 6.42 Å². The lowest BCUT2D eigenvalue weighted by atomic mass is 10.3. The number of aromatic nitrogens is 2. The van der Waals surface area contributed by atoms with Crippen LogP contribution in [0.25, 0.3) is 0 Å². The van der Waals surface area contributed by atoms with E-state index in [1.165, 1.54) is 6.07 Å². The SMILES string of the molecule is CN(CCCn1c(=O)cc(Cl)[nH]c1=O)c1ccccc1. The van der Waals surface area contributed by atoms with E-state index in [1.54, 1.807) is 0 Å². The topological polar surface area (TPSA) is 58.1 Å². The van der Waals surface area contributed by atoms with E-state index >= 15 is 0 Å². The van der Waals surface area contributed by atoms with E-state index in [4.69, 9.17) is 11.6 Å². The van der Waals surface area contributed by atoms with Gasteiger partial charge in [-0.15, -0.1) is 0 Å². The van der Waals surface area contributed by atoms with Crippen LogP contribution >= 0.6 is 11.6 Å². The molecule has 2 rings (SSSR count). The molecule has 0 aliphatic carbocycles. The number of H-pyrrole nitrogens is 1. The molecule has 0 saturated heterocycles. The molecule has 20 heavy (non-hydrogen) atoms. The summed E-state index contributed by atoms with van der Waals surface area (Å²) < 4.78 is 1.16. The molecular formula is C14H16ClN3O2. The molecule has 0 unspecified atom stereocenters. The summed E-state index contributed by atoms with van der Waals surface area (Å²) >= 11 is 5.61. The second-order valence-electron chi connectivity index (χ2n) is 4.52. The van der Waals surface area contributed by atoms with E-state index in [0.29, 0.717) is 13.0 Å². The Labute approximate surface area is 121 Å². The standard InChI is InChI=1S/C14H16ClN3O2/c1-17(11-6-3-2-4-7-11)8-5-9-18-13(19)10-12(15)16-14(18)20/h2-4,6-7,10H,5,8-9H2,1H3,(H,16,20). The lowest BCUT2D eigenvalue weighted by Gasteiger charge is -2.19. The number of anilines is 1. The summed E-state index contributed by atoms with van der Waals surface area (Å²) in [6.07, 6.45) is 0.690. The van der Waals surface area contributed by atoms with Crippen LogP contribution in [0.4, 0.5) is 5.69 Å². The molecule has 0 atom stereocenters. The Bertz CT molecular complexity index is 648. The van der Waals surface area contributed by atoms with Crippen LogP contribution < -0.4 is 16.1 Å². The number of para-hydroxylation sites is 1. The number of hydrogen-bond acceptors (Lipinski definition) is 3. The van der Waals surface area contributed by atoms with Crippen molar-refractivity contribution in [1.29, 1.82) is 0 Å². The number of nitrogens with one attached hydrogen (secondary N) is 1. The predicted molar refractivity (Wildman–Crippen MR) is 80.7 cm³/mol. The molecule has 5 nitrogen and oxygen atoms in total. The van der Waals surface area contributed by atoms with E-state index in [1.807, 2.05) is 37.4 Å². The zero-order valence-electron chi connectivity index (χ0n) is 11.2. The van der Waals surface area contributed by atoms with Crippen LogP contribution in [0, 0.1) is 0 Å². The third-order valence-electron chi connectivity index (χ3n) is 3.06. The Kier molecular flexibility index (Phi) is 4.63. The van der Waals surface area contributed by atoms with E-state index < -0.39 is 5.69 Å². The van der Waals surface area contributed by atoms with Gasteiger partial charge in [-0.2, -0.15) is 0 Å². The van der Waals surface area contributed by atoms with Gasteiger partial charge in [-0.3, -0.25) is 14.3 Å². The first-order valence-corrected chi connectivity index (χ1v) is 6.71. The summed E-state index contributed by atoms with van der Waals surface area (Å²) in [7, 11) is 1.98. The highest BCUT2D eigenvalue weighted by Crippen LogP contribution is 2.10. The third-order valence-corrected chi connectivity index (χ3v) is 3.26. The third kappa shape index (κ3) is 3.51. The molecule has 0 spiro atoms. The minimum Gasteiger partial charge on any atom is -0.375 e. The maximum absolute atomic E-state index is 11.7. The van der Waals surface area contributed by atoms with Crippen molar-refractivity contribution in [2.45, 2.75) is 13.0 Å². The quantitative estimate of drug-likeness (QED) is 0.854. The summed E-state index contributed by atoms with van der Waals surface area (Å²) in [5, 5.41) is 0.0673. The van der Waals surface area contributed by atoms with Gasteiger partial charge in [0.15, 0.2) is 0 Å². The van der Waals surface area contributed by atoms with Gasteiger partial charge in [-0.05, 0) is 18.6 Å². The number of rotatable bonds is 5. The first-order chi connectivity index (χ1) is 9.58. The lowest BCUT2D eigenvalue weighted by molar-refractivity contribution is 0.589. The van der Waals surface area contributed by atoms with Gasteiger partial charge in [0.1, 0.15) is 5.15 Å². The van der Waals surface area contributed by atoms with Crippen LogP contribution in [-0.4, -0.2) is 23.1 Å². The zero-order chi connectivity index (χ0) is 14.5. The Hall–Kier alpha value is -2.01. The van der Waals surface area contributed by atoms with E-state index in [0.717, 1.165) is 16.8 Å². The minimum atomic E-state index is -0.468. The minimum absolute atomic E-state index is 0.0673. The monoisotopic (exact) mass is 293 g/mol. The zero-order valence-corrected chi connectivity index (χ0v) is 11.9. The van der Waals surface area contributed by atoms with Crippen molar-refractivity contribution < 1.29 is 0 Å². The first kappa shape index (κ1) is 14.4. The smallest absolute Gasteiger partial charge is 0.329 e. The molecule has 1 N–H and O–H groups in total. The Morgan fingerprint density at radius 1 is 1.25 bits per heavy atom. The summed E-state index contributed by atoms with van der Waals surface area (Å²) in [4.78, 5) is 27.8. The Morgan fingerprint density at radius 2 is 1.95 bits per heavy atom. The van der Waals surface area contributed by atoms with Crippen molar-refractivity contribution >= 4 is 17.3 Å². The van der Waals surface area contributed by atoms with Gasteiger partial charge in [-0.1, -0.05) is 29.8 Å². The van der Waals surface area contributed by atoms with Crippen molar-refractivity contribution in [2.24, 2.45) is 0 Å². The summed E-state index contributed by atoms with van der Waals surface area (Å²) in [5.41, 5.74) is 0.260. The number of nitrogens with zero attached hydrogens (tertiary/aromatic N) is 2. The highest BCUT2D eigenvalue weighted by molar-refractivity contribution is 6.29. The summed E-state index contributed by atoms with van der Waals surface area (Å²) in [5.74, 6) is 0. The normalized spacial score (nSPS) is 10.5. The van der Waals surface area contributed by atoms with Gasteiger partial charge < -0.3 is 4.90 Å². The highest BCUT2D eigenvalue weighted by atomic mass is 35.5. The molecule has 0 aliphatic rings. The largest absolute Gasteiger partial charge is 0.375 e. The molecule has 0 bridgehead atoms. The fourth-order valence-corrected chi connectivity index (χ4v) is 2.16. The van der Waals surface area contributed by atoms with E-state index in [2.05, 4.69) is 9.88 Å². The number of halogens is 1. The molecule has 1 aromatic heterocycles. The van der Waals surface area contributed by atoms with Crippen molar-refractivity contribution in [3.63, 3.8) is 0 Å². The molecule has 1 heterocycles. The van der Waals surface area contributed by atoms with Crippen molar-refractivity contribution in [1.82, 2.24) is 9.55 Å². The molecular weight excluding hydrogens is 278 g/mol. The maximum Gasteiger partial charge on any atom is 0.329 e. The van der Waals surface area contributed by atoms with Gasteiger partial charge in [0, 0.05) is 31.9 Å². The van der Waals surface area contributed by atoms with Crippen LogP contribution in [0.3, 0.4) is 0 Å². The number of aromatic amines is 1. The lowest BCUT2D eigenvalue weighted by Crippen LogP contribution is -2.35. The van der Waals surface area contributed by atoms with Gasteiger partial charge in [0.25, 0.3) is 5.56 Å². The molecule has 0 fully saturated rings. The second-order valence-corrected chi connectivity index (χ2v) is 4.93. The molecule has 0 aliphatic heterocycles. The van der Waals surface area contributed by atoms with Crippen LogP contribution in [0.5, 0.6) is 0 Å². The van der Waals surface area contributed by atoms with Gasteiger partial charge in [-0.25, -0.2) is 4.79 Å². The van der Waals surface area contributed by atoms with Crippen LogP contribution in [0.15, 0.2) is 46.0 Å². The second kappa shape index (κ2) is 6.43. The molecule has 2 aromatic rings. The predicted octanol–water partition coefficient (Wildman–Crippen LogP) is 1.72. The fourth-order valence-electron chi connectivity index (χ4n) is 1.98. The van der Waals surface area contributed by atoms with Gasteiger partial charge in [0.05, 0.1) is 0 Å². The van der Waals surface area contributed by atoms with Gasteiger partial charge >= 0.3 is 5.69 Å². The average Bonchev–Trinajstić information content (AvgIpc) is 2.42. The van der Waals surface area contributed by atoms with Gasteiger partial charge in [0.2, 0.25) is 0 Å². The van der Waals surface area contributed by atoms with Crippen molar-refractivity contribution in [2.75, 3.05) is 18.5 Å². The van der Waals surface area contributed by atoms with E-state index in [9.17, 15) is 9.59 Å². The number of benzene rings is 1. The first-order valence-electron chi connectivity index (χ1n) is 6.34. The van der Waals surface area contributed by atoms with Crippen LogP contribution in [0.2, 0.25) is 5.15 Å². The molecule has 1 aromatic carbocycles. The Balaban J connectivity index is 1.97. The summed E-state index contributed by atoms with van der Waals surface area (Å²) in [6, 6.07) is 11.1. The molecule has 0 radical (unpaired) electrons. The molecule has 106 valence electrons. The average molecular weight is 294 g/mol. The van der Waals surface area contributed by atoms with E-state index in [-0.39, 0.29) is 10.7 Å².